The van der Waals surface area contributed by atoms with Gasteiger partial charge in [0.15, 0.2) is 11.6 Å². The number of rotatable bonds is 4. The largest absolute Gasteiger partial charge is 0.353 e. The van der Waals surface area contributed by atoms with Crippen molar-refractivity contribution in [2.24, 2.45) is 0 Å². The Morgan fingerprint density at radius 2 is 1.93 bits per heavy atom. The van der Waals surface area contributed by atoms with Crippen molar-refractivity contribution in [1.29, 1.82) is 0 Å². The Balaban J connectivity index is 1.86. The minimum atomic E-state index is -3.24. The Hall–Kier alpha value is -2.10. The summed E-state index contributed by atoms with van der Waals surface area (Å²) in [5, 5.41) is 5.60. The van der Waals surface area contributed by atoms with Gasteiger partial charge in [0.1, 0.15) is 10.3 Å². The molecule has 0 radical (unpaired) electrons. The van der Waals surface area contributed by atoms with Gasteiger partial charge in [0, 0.05) is 44.4 Å². The molecule has 4 heterocycles. The van der Waals surface area contributed by atoms with Crippen molar-refractivity contribution in [3.8, 4) is 5.82 Å². The molecular formula is C18H19Cl2F2N7. The van der Waals surface area contributed by atoms with Crippen LogP contribution in [0.5, 0.6) is 0 Å². The van der Waals surface area contributed by atoms with Gasteiger partial charge in [0.25, 0.3) is 0 Å². The van der Waals surface area contributed by atoms with Crippen LogP contribution in [-0.4, -0.2) is 62.9 Å². The van der Waals surface area contributed by atoms with Crippen LogP contribution < -0.4 is 4.90 Å². The maximum Gasteiger partial charge on any atom is 0.303 e. The van der Waals surface area contributed by atoms with Gasteiger partial charge in [-0.05, 0) is 20.5 Å². The van der Waals surface area contributed by atoms with E-state index in [0.717, 1.165) is 31.8 Å². The molecule has 29 heavy (non-hydrogen) atoms. The monoisotopic (exact) mass is 441 g/mol. The topological polar surface area (TPSA) is 63.0 Å². The maximum absolute atomic E-state index is 13.8. The maximum atomic E-state index is 13.8. The average molecular weight is 442 g/mol. The van der Waals surface area contributed by atoms with Crippen molar-refractivity contribution >= 4 is 39.9 Å². The van der Waals surface area contributed by atoms with E-state index in [-0.39, 0.29) is 16.1 Å². The van der Waals surface area contributed by atoms with Gasteiger partial charge in [-0.15, -0.1) is 5.10 Å². The van der Waals surface area contributed by atoms with Crippen molar-refractivity contribution in [3.63, 3.8) is 0 Å². The molecule has 0 spiro atoms. The Bertz CT molecular complexity index is 1060. The van der Waals surface area contributed by atoms with E-state index >= 15 is 0 Å². The molecule has 1 aliphatic heterocycles. The van der Waals surface area contributed by atoms with Crippen LogP contribution in [-0.2, 0) is 5.92 Å². The number of hydrogen-bond acceptors (Lipinski definition) is 6. The molecule has 1 saturated heterocycles. The van der Waals surface area contributed by atoms with Crippen LogP contribution in [0.3, 0.4) is 0 Å². The lowest BCUT2D eigenvalue weighted by Gasteiger charge is -2.20. The number of anilines is 1. The van der Waals surface area contributed by atoms with Gasteiger partial charge in [0.05, 0.1) is 10.9 Å². The third kappa shape index (κ3) is 3.86. The summed E-state index contributed by atoms with van der Waals surface area (Å²) in [5.74, 6) is -3.06. The zero-order valence-corrected chi connectivity index (χ0v) is 17.6. The van der Waals surface area contributed by atoms with Gasteiger partial charge in [-0.1, -0.05) is 23.2 Å². The first kappa shape index (κ1) is 20.2. The van der Waals surface area contributed by atoms with Gasteiger partial charge in [-0.25, -0.2) is 19.6 Å². The van der Waals surface area contributed by atoms with Crippen LogP contribution in [0.1, 0.15) is 19.2 Å². The van der Waals surface area contributed by atoms with Crippen LogP contribution in [0.4, 0.5) is 14.6 Å². The van der Waals surface area contributed by atoms with E-state index < -0.39 is 11.7 Å². The highest BCUT2D eigenvalue weighted by atomic mass is 35.5. The second kappa shape index (κ2) is 7.30. The van der Waals surface area contributed by atoms with E-state index in [1.807, 2.05) is 14.1 Å². The number of nitrogens with zero attached hydrogens (tertiary/aromatic N) is 7. The molecule has 0 aliphatic carbocycles. The molecule has 0 bridgehead atoms. The molecule has 154 valence electrons. The summed E-state index contributed by atoms with van der Waals surface area (Å²) >= 11 is 12.1. The van der Waals surface area contributed by atoms with Crippen LogP contribution in [0.2, 0.25) is 10.3 Å². The number of aromatic nitrogens is 5. The summed E-state index contributed by atoms with van der Waals surface area (Å²) in [7, 11) is 4.09. The lowest BCUT2D eigenvalue weighted by Crippen LogP contribution is -2.31. The van der Waals surface area contributed by atoms with E-state index in [2.05, 4.69) is 29.9 Å². The molecule has 7 nitrogen and oxygen atoms in total. The number of alkyl halides is 2. The third-order valence-corrected chi connectivity index (χ3v) is 5.40. The third-order valence-electron chi connectivity index (χ3n) is 5.00. The fourth-order valence-electron chi connectivity index (χ4n) is 3.44. The lowest BCUT2D eigenvalue weighted by molar-refractivity contribution is 0.00765. The van der Waals surface area contributed by atoms with Crippen molar-refractivity contribution < 1.29 is 8.78 Å². The van der Waals surface area contributed by atoms with E-state index in [9.17, 15) is 8.78 Å². The molecule has 0 aromatic carbocycles. The highest BCUT2D eigenvalue weighted by molar-refractivity contribution is 6.30. The summed E-state index contributed by atoms with van der Waals surface area (Å²) in [4.78, 5) is 16.1. The van der Waals surface area contributed by atoms with Crippen LogP contribution in [0, 0.1) is 0 Å². The summed E-state index contributed by atoms with van der Waals surface area (Å²) in [6, 6.07) is 3.43. The SMILES string of the molecule is CN(C)C1CCN(c2nn(-c3cc(Cl)nc(C(C)(F)F)n3)c3cc(Cl)ncc23)C1. The number of pyridine rings is 1. The van der Waals surface area contributed by atoms with E-state index in [1.54, 1.807) is 12.3 Å². The molecule has 4 rings (SSSR count). The fraction of sp³-hybridized carbons (Fsp3) is 0.444. The highest BCUT2D eigenvalue weighted by Crippen LogP contribution is 2.33. The minimum absolute atomic E-state index is 0.0919. The first-order valence-electron chi connectivity index (χ1n) is 9.02. The highest BCUT2D eigenvalue weighted by Gasteiger charge is 2.31. The standard InChI is InChI=1S/C18H19Cl2F2N7/c1-18(21,22)17-24-14(20)7-15(25-17)29-12-6-13(19)23-8-11(12)16(26-29)28-5-4-10(9-28)27(2)3/h6-8,10H,4-5,9H2,1-3H3. The van der Waals surface area contributed by atoms with Crippen molar-refractivity contribution in [1.82, 2.24) is 29.6 Å². The Kier molecular flexibility index (Phi) is 5.08. The number of likely N-dealkylation sites (N-methyl/N-ethyl adjacent to an activating group) is 1. The Labute approximate surface area is 176 Å². The molecule has 3 aromatic heterocycles. The quantitative estimate of drug-likeness (QED) is 0.453. The van der Waals surface area contributed by atoms with Crippen molar-refractivity contribution in [2.75, 3.05) is 32.1 Å². The summed E-state index contributed by atoms with van der Waals surface area (Å²) < 4.78 is 29.1. The van der Waals surface area contributed by atoms with E-state index in [1.165, 1.54) is 10.7 Å². The van der Waals surface area contributed by atoms with E-state index in [0.29, 0.717) is 17.4 Å². The molecule has 3 aromatic rings. The van der Waals surface area contributed by atoms with Gasteiger partial charge in [-0.3, -0.25) is 0 Å². The smallest absolute Gasteiger partial charge is 0.303 e. The molecule has 0 N–H and O–H groups in total. The molecule has 0 saturated carbocycles. The van der Waals surface area contributed by atoms with Gasteiger partial charge >= 0.3 is 5.92 Å². The predicted molar refractivity (Wildman–Crippen MR) is 108 cm³/mol. The summed E-state index contributed by atoms with van der Waals surface area (Å²) in [6.07, 6.45) is 2.63. The summed E-state index contributed by atoms with van der Waals surface area (Å²) in [6.45, 7) is 2.34. The normalized spacial score (nSPS) is 17.7. The first-order chi connectivity index (χ1) is 13.6. The van der Waals surface area contributed by atoms with Crippen LogP contribution >= 0.6 is 23.2 Å². The molecule has 1 aliphatic rings. The lowest BCUT2D eigenvalue weighted by atomic mass is 10.2. The van der Waals surface area contributed by atoms with Gasteiger partial charge < -0.3 is 9.80 Å². The Morgan fingerprint density at radius 1 is 1.17 bits per heavy atom. The average Bonchev–Trinajstić information content (AvgIpc) is 3.24. The number of hydrogen-bond donors (Lipinski definition) is 0. The molecule has 1 atom stereocenters. The zero-order chi connectivity index (χ0) is 20.9. The second-order valence-electron chi connectivity index (χ2n) is 7.37. The second-order valence-corrected chi connectivity index (χ2v) is 8.15. The van der Waals surface area contributed by atoms with Crippen LogP contribution in [0.25, 0.3) is 16.7 Å². The van der Waals surface area contributed by atoms with E-state index in [4.69, 9.17) is 23.2 Å². The van der Waals surface area contributed by atoms with Gasteiger partial charge in [-0.2, -0.15) is 8.78 Å². The molecule has 1 unspecified atom stereocenters. The minimum Gasteiger partial charge on any atom is -0.353 e. The number of fused-ring (bicyclic) bond motifs is 1. The van der Waals surface area contributed by atoms with Gasteiger partial charge in [0.2, 0.25) is 5.82 Å². The molecule has 1 fully saturated rings. The molecule has 0 amide bonds. The van der Waals surface area contributed by atoms with Crippen molar-refractivity contribution in [3.05, 3.63) is 34.5 Å². The molecule has 11 heteroatoms. The summed E-state index contributed by atoms with van der Waals surface area (Å²) in [5.41, 5.74) is 0.605. The van der Waals surface area contributed by atoms with Crippen molar-refractivity contribution in [2.45, 2.75) is 25.3 Å². The predicted octanol–water partition coefficient (Wildman–Crippen LogP) is 3.77. The zero-order valence-electron chi connectivity index (χ0n) is 16.1. The molecular weight excluding hydrogens is 423 g/mol. The fourth-order valence-corrected chi connectivity index (χ4v) is 3.77. The van der Waals surface area contributed by atoms with Crippen LogP contribution in [0.15, 0.2) is 18.3 Å². The Morgan fingerprint density at radius 3 is 2.59 bits per heavy atom. The first-order valence-corrected chi connectivity index (χ1v) is 9.78. The number of halogens is 4.